The Labute approximate surface area is 143 Å². The number of carbonyl (C=O) groups is 1. The van der Waals surface area contributed by atoms with Crippen molar-refractivity contribution >= 4 is 23.1 Å². The summed E-state index contributed by atoms with van der Waals surface area (Å²) in [6.07, 6.45) is 3.44. The Morgan fingerprint density at radius 1 is 1.00 bits per heavy atom. The molecule has 1 atom stereocenters. The molecular weight excluding hydrogens is 316 g/mol. The molecule has 1 unspecified atom stereocenters. The molecule has 122 valence electrons. The van der Waals surface area contributed by atoms with Crippen LogP contribution in [0.4, 0.5) is 11.4 Å². The molecular formula is C19H14N4O2. The Morgan fingerprint density at radius 3 is 2.48 bits per heavy atom. The van der Waals surface area contributed by atoms with Crippen molar-refractivity contribution in [1.82, 2.24) is 9.97 Å². The molecule has 0 amide bonds. The Morgan fingerprint density at radius 2 is 1.80 bits per heavy atom. The normalized spacial score (nSPS) is 15.7. The number of aromatic nitrogens is 2. The summed E-state index contributed by atoms with van der Waals surface area (Å²) in [5.41, 5.74) is 3.78. The van der Waals surface area contributed by atoms with Gasteiger partial charge in [-0.25, -0.2) is 9.79 Å². The fraction of sp³-hybridized carbons (Fsp3) is 0.0526. The van der Waals surface area contributed by atoms with Gasteiger partial charge in [-0.1, -0.05) is 12.1 Å². The molecule has 4 rings (SSSR count). The molecule has 0 radical (unpaired) electrons. The fourth-order valence-electron chi connectivity index (χ4n) is 2.78. The lowest BCUT2D eigenvalue weighted by Gasteiger charge is -2.26. The molecule has 1 aromatic carbocycles. The molecule has 0 aliphatic carbocycles. The van der Waals surface area contributed by atoms with Gasteiger partial charge in [-0.15, -0.1) is 0 Å². The van der Waals surface area contributed by atoms with E-state index < -0.39 is 5.97 Å². The summed E-state index contributed by atoms with van der Waals surface area (Å²) in [4.78, 5) is 24.8. The van der Waals surface area contributed by atoms with Crippen LogP contribution in [0.1, 0.15) is 27.8 Å². The zero-order valence-corrected chi connectivity index (χ0v) is 13.1. The highest BCUT2D eigenvalue weighted by molar-refractivity contribution is 6.09. The second kappa shape index (κ2) is 6.16. The first-order valence-electron chi connectivity index (χ1n) is 7.77. The van der Waals surface area contributed by atoms with Gasteiger partial charge < -0.3 is 10.4 Å². The van der Waals surface area contributed by atoms with Gasteiger partial charge in [-0.2, -0.15) is 0 Å². The van der Waals surface area contributed by atoms with Crippen LogP contribution in [0.2, 0.25) is 0 Å². The van der Waals surface area contributed by atoms with Crippen molar-refractivity contribution in [1.29, 1.82) is 0 Å². The molecule has 3 aromatic rings. The average Bonchev–Trinajstić information content (AvgIpc) is 2.68. The second-order valence-corrected chi connectivity index (χ2v) is 5.58. The van der Waals surface area contributed by atoms with Crippen molar-refractivity contribution in [2.45, 2.75) is 6.04 Å². The van der Waals surface area contributed by atoms with Gasteiger partial charge in [0.1, 0.15) is 6.04 Å². The van der Waals surface area contributed by atoms with E-state index in [0.717, 1.165) is 17.1 Å². The number of nitrogens with zero attached hydrogens (tertiary/aromatic N) is 3. The van der Waals surface area contributed by atoms with Gasteiger partial charge in [0.25, 0.3) is 0 Å². The average molecular weight is 330 g/mol. The van der Waals surface area contributed by atoms with Gasteiger partial charge in [-0.05, 0) is 42.5 Å². The highest BCUT2D eigenvalue weighted by Crippen LogP contribution is 2.36. The van der Waals surface area contributed by atoms with Crippen LogP contribution in [0, 0.1) is 0 Å². The minimum absolute atomic E-state index is 0.195. The number of anilines is 1. The lowest BCUT2D eigenvalue weighted by molar-refractivity contribution is 0.0697. The summed E-state index contributed by atoms with van der Waals surface area (Å²) in [6, 6.07) is 15.9. The summed E-state index contributed by atoms with van der Waals surface area (Å²) in [5, 5.41) is 12.6. The number of aliphatic imine (C=N–C) groups is 1. The van der Waals surface area contributed by atoms with E-state index in [1.165, 1.54) is 0 Å². The first kappa shape index (κ1) is 15.0. The summed E-state index contributed by atoms with van der Waals surface area (Å²) in [6.45, 7) is 0. The molecule has 6 nitrogen and oxygen atoms in total. The fourth-order valence-corrected chi connectivity index (χ4v) is 2.78. The molecule has 25 heavy (non-hydrogen) atoms. The number of hydrogen-bond acceptors (Lipinski definition) is 5. The largest absolute Gasteiger partial charge is 0.478 e. The molecule has 0 spiro atoms. The highest BCUT2D eigenvalue weighted by Gasteiger charge is 2.27. The first-order valence-corrected chi connectivity index (χ1v) is 7.77. The van der Waals surface area contributed by atoms with Gasteiger partial charge in [0.05, 0.1) is 34.0 Å². The van der Waals surface area contributed by atoms with E-state index in [-0.39, 0.29) is 11.6 Å². The highest BCUT2D eigenvalue weighted by atomic mass is 16.4. The zero-order chi connectivity index (χ0) is 17.2. The smallest absolute Gasteiger partial charge is 0.335 e. The number of fused-ring (bicyclic) bond motifs is 1. The number of benzene rings is 1. The van der Waals surface area contributed by atoms with Gasteiger partial charge in [0, 0.05) is 12.4 Å². The number of hydrogen-bond donors (Lipinski definition) is 2. The number of nitrogens with one attached hydrogen (secondary N) is 1. The third kappa shape index (κ3) is 2.85. The lowest BCUT2D eigenvalue weighted by Crippen LogP contribution is -2.26. The maximum absolute atomic E-state index is 11.2. The van der Waals surface area contributed by atoms with E-state index in [1.807, 2.05) is 36.4 Å². The van der Waals surface area contributed by atoms with Gasteiger partial charge >= 0.3 is 5.97 Å². The van der Waals surface area contributed by atoms with Crippen molar-refractivity contribution in [2.75, 3.05) is 5.32 Å². The molecule has 0 saturated heterocycles. The molecule has 0 saturated carbocycles. The number of pyridine rings is 2. The van der Waals surface area contributed by atoms with Gasteiger partial charge in [-0.3, -0.25) is 9.97 Å². The Bertz CT molecular complexity index is 956. The van der Waals surface area contributed by atoms with Gasteiger partial charge in [0.15, 0.2) is 0 Å². The monoisotopic (exact) mass is 330 g/mol. The molecule has 1 aliphatic rings. The van der Waals surface area contributed by atoms with Crippen molar-refractivity contribution < 1.29 is 9.90 Å². The van der Waals surface area contributed by atoms with Crippen LogP contribution in [0.15, 0.2) is 72.0 Å². The van der Waals surface area contributed by atoms with Crippen LogP contribution >= 0.6 is 0 Å². The van der Waals surface area contributed by atoms with Gasteiger partial charge in [0.2, 0.25) is 0 Å². The van der Waals surface area contributed by atoms with Crippen LogP contribution < -0.4 is 5.32 Å². The Hall–Kier alpha value is -3.54. The maximum atomic E-state index is 11.2. The standard InChI is InChI=1S/C19H14N4O2/c24-19(25)12-7-8-13-16(11-12)23-18(15-6-2-4-10-21-15)17(22-13)14-5-1-3-9-20-14/h1-11,17,22H,(H,24,25). The number of rotatable bonds is 3. The van der Waals surface area contributed by atoms with E-state index in [9.17, 15) is 9.90 Å². The molecule has 2 N–H and O–H groups in total. The van der Waals surface area contributed by atoms with Crippen LogP contribution in [-0.2, 0) is 0 Å². The third-order valence-electron chi connectivity index (χ3n) is 3.97. The van der Waals surface area contributed by atoms with Crippen LogP contribution in [-0.4, -0.2) is 26.8 Å². The van der Waals surface area contributed by atoms with Crippen LogP contribution in [0.3, 0.4) is 0 Å². The Balaban J connectivity index is 1.87. The minimum atomic E-state index is -0.982. The lowest BCUT2D eigenvalue weighted by atomic mass is 10.00. The summed E-state index contributed by atoms with van der Waals surface area (Å²) in [7, 11) is 0. The predicted octanol–water partition coefficient (Wildman–Crippen LogP) is 3.46. The Kier molecular flexibility index (Phi) is 3.70. The van der Waals surface area contributed by atoms with Crippen molar-refractivity contribution in [2.24, 2.45) is 4.99 Å². The van der Waals surface area contributed by atoms with Crippen LogP contribution in [0.5, 0.6) is 0 Å². The van der Waals surface area contributed by atoms with E-state index in [1.54, 1.807) is 30.6 Å². The minimum Gasteiger partial charge on any atom is -0.478 e. The molecule has 1 aliphatic heterocycles. The summed E-state index contributed by atoms with van der Waals surface area (Å²) < 4.78 is 0. The molecule has 2 aromatic heterocycles. The third-order valence-corrected chi connectivity index (χ3v) is 3.97. The molecule has 3 heterocycles. The van der Waals surface area contributed by atoms with Crippen molar-refractivity contribution in [3.05, 3.63) is 83.9 Å². The van der Waals surface area contributed by atoms with Crippen LogP contribution in [0.25, 0.3) is 0 Å². The maximum Gasteiger partial charge on any atom is 0.335 e. The summed E-state index contributed by atoms with van der Waals surface area (Å²) >= 11 is 0. The number of carboxylic acid groups (broad SMARTS) is 1. The molecule has 6 heteroatoms. The van der Waals surface area contributed by atoms with E-state index in [0.29, 0.717) is 11.4 Å². The molecule has 0 bridgehead atoms. The van der Waals surface area contributed by atoms with Crippen molar-refractivity contribution in [3.8, 4) is 0 Å². The molecule has 0 fully saturated rings. The van der Waals surface area contributed by atoms with E-state index >= 15 is 0 Å². The number of aromatic carboxylic acids is 1. The number of carboxylic acids is 1. The van der Waals surface area contributed by atoms with Crippen molar-refractivity contribution in [3.63, 3.8) is 0 Å². The van der Waals surface area contributed by atoms with E-state index in [2.05, 4.69) is 15.3 Å². The first-order chi connectivity index (χ1) is 12.2. The van der Waals surface area contributed by atoms with E-state index in [4.69, 9.17) is 4.99 Å². The SMILES string of the molecule is O=C(O)c1ccc2c(c1)N=C(c1ccccn1)C(c1ccccn1)N2. The second-order valence-electron chi connectivity index (χ2n) is 5.58. The topological polar surface area (TPSA) is 87.5 Å². The quantitative estimate of drug-likeness (QED) is 0.768. The summed E-state index contributed by atoms with van der Waals surface area (Å²) in [5.74, 6) is -0.982. The predicted molar refractivity (Wildman–Crippen MR) is 94.4 cm³/mol. The zero-order valence-electron chi connectivity index (χ0n) is 13.1.